The molecule has 5 aliphatic rings. The summed E-state index contributed by atoms with van der Waals surface area (Å²) in [6.07, 6.45) is 10.6. The molecule has 6 heteroatoms. The van der Waals surface area contributed by atoms with Gasteiger partial charge in [0.2, 0.25) is 0 Å². The van der Waals surface area contributed by atoms with E-state index in [4.69, 9.17) is 14.2 Å². The van der Waals surface area contributed by atoms with E-state index in [1.54, 1.807) is 0 Å². The molecule has 5 fully saturated rings. The largest absolute Gasteiger partial charge is 0.457 e. The van der Waals surface area contributed by atoms with Crippen LogP contribution in [0.25, 0.3) is 0 Å². The molecular formula is C23H36F2O4. The number of ether oxygens (including phenoxy) is 3. The molecule has 2 unspecified atom stereocenters. The molecule has 5 aliphatic carbocycles. The minimum Gasteiger partial charge on any atom is -0.457 e. The molecule has 0 amide bonds. The average molecular weight is 415 g/mol. The van der Waals surface area contributed by atoms with Gasteiger partial charge in [-0.25, -0.2) is 4.79 Å². The number of alkyl halides is 2. The van der Waals surface area contributed by atoms with Crippen LogP contribution in [0, 0.1) is 29.1 Å². The fourth-order valence-corrected chi connectivity index (χ4v) is 6.76. The first kappa shape index (κ1) is 21.5. The van der Waals surface area contributed by atoms with E-state index in [-0.39, 0.29) is 23.4 Å². The Balaban J connectivity index is 1.25. The second-order valence-corrected chi connectivity index (χ2v) is 10.2. The van der Waals surface area contributed by atoms with Crippen LogP contribution >= 0.6 is 0 Å². The molecule has 0 aliphatic heterocycles. The average Bonchev–Trinajstić information content (AvgIpc) is 2.70. The van der Waals surface area contributed by atoms with Crippen LogP contribution in [-0.4, -0.2) is 38.0 Å². The molecule has 29 heavy (non-hydrogen) atoms. The van der Waals surface area contributed by atoms with Gasteiger partial charge < -0.3 is 14.2 Å². The number of carbonyl (C=O) groups excluding carboxylic acids is 1. The van der Waals surface area contributed by atoms with E-state index in [9.17, 15) is 13.6 Å². The molecule has 5 rings (SSSR count). The zero-order valence-electron chi connectivity index (χ0n) is 17.7. The van der Waals surface area contributed by atoms with Gasteiger partial charge in [0.25, 0.3) is 0 Å². The zero-order chi connectivity index (χ0) is 20.5. The van der Waals surface area contributed by atoms with Crippen LogP contribution in [0.3, 0.4) is 0 Å². The van der Waals surface area contributed by atoms with Crippen LogP contribution in [0.5, 0.6) is 0 Å². The molecule has 0 spiro atoms. The Morgan fingerprint density at radius 3 is 2.38 bits per heavy atom. The van der Waals surface area contributed by atoms with Crippen molar-refractivity contribution in [3.8, 4) is 0 Å². The van der Waals surface area contributed by atoms with Gasteiger partial charge in [0.15, 0.2) is 0 Å². The maximum absolute atomic E-state index is 13.7. The highest BCUT2D eigenvalue weighted by atomic mass is 19.3. The van der Waals surface area contributed by atoms with Gasteiger partial charge >= 0.3 is 11.9 Å². The van der Waals surface area contributed by atoms with Crippen LogP contribution in [0.15, 0.2) is 0 Å². The van der Waals surface area contributed by atoms with E-state index in [0.29, 0.717) is 25.2 Å². The normalized spacial score (nSPS) is 37.1. The minimum atomic E-state index is -3.37. The summed E-state index contributed by atoms with van der Waals surface area (Å²) in [7, 11) is 0. The first-order valence-corrected chi connectivity index (χ1v) is 11.7. The number of carbonyl (C=O) groups is 1. The Morgan fingerprint density at radius 2 is 1.72 bits per heavy atom. The summed E-state index contributed by atoms with van der Waals surface area (Å²) in [5.41, 5.74) is 0.112. The predicted octanol–water partition coefficient (Wildman–Crippen LogP) is 5.34. The summed E-state index contributed by atoms with van der Waals surface area (Å²) in [6.45, 7) is 3.14. The second kappa shape index (κ2) is 8.78. The molecule has 166 valence electrons. The number of rotatable bonds is 9. The van der Waals surface area contributed by atoms with Gasteiger partial charge in [-0.1, -0.05) is 26.2 Å². The highest BCUT2D eigenvalue weighted by Gasteiger charge is 2.57. The van der Waals surface area contributed by atoms with Crippen molar-refractivity contribution < 1.29 is 27.8 Å². The van der Waals surface area contributed by atoms with Gasteiger partial charge in [0.1, 0.15) is 12.9 Å². The lowest BCUT2D eigenvalue weighted by Gasteiger charge is -2.59. The quantitative estimate of drug-likeness (QED) is 0.290. The highest BCUT2D eigenvalue weighted by molar-refractivity contribution is 5.77. The van der Waals surface area contributed by atoms with E-state index in [0.717, 1.165) is 38.7 Å². The lowest BCUT2D eigenvalue weighted by atomic mass is 9.49. The van der Waals surface area contributed by atoms with E-state index in [1.807, 2.05) is 0 Å². The summed E-state index contributed by atoms with van der Waals surface area (Å²) in [6, 6.07) is 0. The Morgan fingerprint density at radius 1 is 1.03 bits per heavy atom. The van der Waals surface area contributed by atoms with Gasteiger partial charge in [-0.3, -0.25) is 0 Å². The lowest BCUT2D eigenvalue weighted by Crippen LogP contribution is -2.56. The van der Waals surface area contributed by atoms with Crippen molar-refractivity contribution in [2.24, 2.45) is 29.1 Å². The molecule has 0 aromatic heterocycles. The van der Waals surface area contributed by atoms with Crippen molar-refractivity contribution in [1.29, 1.82) is 0 Å². The van der Waals surface area contributed by atoms with E-state index in [2.05, 4.69) is 0 Å². The van der Waals surface area contributed by atoms with Crippen LogP contribution < -0.4 is 0 Å². The molecule has 0 saturated heterocycles. The van der Waals surface area contributed by atoms with Crippen LogP contribution in [0.2, 0.25) is 0 Å². The fraction of sp³-hybridized carbons (Fsp3) is 0.957. The molecule has 0 heterocycles. The number of esters is 1. The molecule has 0 N–H and O–H groups in total. The third kappa shape index (κ3) is 4.79. The van der Waals surface area contributed by atoms with Crippen LogP contribution in [0.4, 0.5) is 8.78 Å². The SMILES string of the molecule is CCC(F)(F)C(=O)OC1C2CC3CC1CC(COCOCC1CCCCC1)(C3)C2. The Labute approximate surface area is 173 Å². The van der Waals surface area contributed by atoms with Crippen molar-refractivity contribution in [3.63, 3.8) is 0 Å². The third-order valence-corrected chi connectivity index (χ3v) is 7.95. The van der Waals surface area contributed by atoms with Crippen molar-refractivity contribution in [2.45, 2.75) is 89.6 Å². The first-order valence-electron chi connectivity index (χ1n) is 11.7. The van der Waals surface area contributed by atoms with Gasteiger partial charge in [-0.2, -0.15) is 8.78 Å². The molecule has 0 aromatic carbocycles. The molecule has 4 bridgehead atoms. The minimum absolute atomic E-state index is 0.112. The van der Waals surface area contributed by atoms with E-state index < -0.39 is 18.3 Å². The molecule has 2 atom stereocenters. The maximum atomic E-state index is 13.7. The van der Waals surface area contributed by atoms with Crippen molar-refractivity contribution >= 4 is 5.97 Å². The van der Waals surface area contributed by atoms with Gasteiger partial charge in [-0.15, -0.1) is 0 Å². The number of hydrogen-bond acceptors (Lipinski definition) is 4. The zero-order valence-corrected chi connectivity index (χ0v) is 17.7. The lowest BCUT2D eigenvalue weighted by molar-refractivity contribution is -0.211. The molecule has 0 aromatic rings. The number of halogens is 2. The molecule has 4 nitrogen and oxygen atoms in total. The molecular weight excluding hydrogens is 378 g/mol. The summed E-state index contributed by atoms with van der Waals surface area (Å²) >= 11 is 0. The molecule has 5 saturated carbocycles. The van der Waals surface area contributed by atoms with Gasteiger partial charge in [-0.05, 0) is 74.0 Å². The van der Waals surface area contributed by atoms with Gasteiger partial charge in [0, 0.05) is 6.42 Å². The third-order valence-electron chi connectivity index (χ3n) is 7.95. The standard InChI is InChI=1S/C23H36F2O4/c1-2-23(24,25)21(26)29-20-18-8-17-9-19(20)12-22(10-17,11-18)14-28-15-27-13-16-6-4-3-5-7-16/h16-20H,2-15H2,1H3. The Bertz CT molecular complexity index is 559. The van der Waals surface area contributed by atoms with Crippen molar-refractivity contribution in [2.75, 3.05) is 20.0 Å². The molecule has 0 radical (unpaired) electrons. The maximum Gasteiger partial charge on any atom is 0.377 e. The van der Waals surface area contributed by atoms with E-state index in [1.165, 1.54) is 39.0 Å². The van der Waals surface area contributed by atoms with Gasteiger partial charge in [0.05, 0.1) is 13.2 Å². The summed E-state index contributed by atoms with van der Waals surface area (Å²) in [5.74, 6) is -3.01. The topological polar surface area (TPSA) is 44.8 Å². The Kier molecular flexibility index (Phi) is 6.50. The first-order chi connectivity index (χ1) is 13.9. The smallest absolute Gasteiger partial charge is 0.377 e. The van der Waals surface area contributed by atoms with Crippen LogP contribution in [-0.2, 0) is 19.0 Å². The van der Waals surface area contributed by atoms with E-state index >= 15 is 0 Å². The summed E-state index contributed by atoms with van der Waals surface area (Å²) < 4.78 is 44.5. The second-order valence-electron chi connectivity index (χ2n) is 10.2. The summed E-state index contributed by atoms with van der Waals surface area (Å²) in [4.78, 5) is 11.9. The Hall–Kier alpha value is -0.750. The van der Waals surface area contributed by atoms with Crippen molar-refractivity contribution in [3.05, 3.63) is 0 Å². The summed E-state index contributed by atoms with van der Waals surface area (Å²) in [5, 5.41) is 0. The number of hydrogen-bond donors (Lipinski definition) is 0. The monoisotopic (exact) mass is 414 g/mol. The van der Waals surface area contributed by atoms with Crippen LogP contribution in [0.1, 0.15) is 77.6 Å². The van der Waals surface area contributed by atoms with Crippen molar-refractivity contribution in [1.82, 2.24) is 0 Å². The predicted molar refractivity (Wildman–Crippen MR) is 104 cm³/mol. The fourth-order valence-electron chi connectivity index (χ4n) is 6.76. The highest BCUT2D eigenvalue weighted by Crippen LogP contribution is 2.61.